The van der Waals surface area contributed by atoms with Gasteiger partial charge in [-0.15, -0.1) is 11.3 Å². The summed E-state index contributed by atoms with van der Waals surface area (Å²) in [5.41, 5.74) is 1.31. The molecule has 9 heteroatoms. The molecule has 0 unspecified atom stereocenters. The van der Waals surface area contributed by atoms with Crippen LogP contribution >= 0.6 is 23.1 Å². The van der Waals surface area contributed by atoms with Gasteiger partial charge in [0.2, 0.25) is 0 Å². The summed E-state index contributed by atoms with van der Waals surface area (Å²) in [6.07, 6.45) is 0. The van der Waals surface area contributed by atoms with E-state index >= 15 is 0 Å². The lowest BCUT2D eigenvalue weighted by Crippen LogP contribution is -2.26. The number of rotatable bonds is 9. The van der Waals surface area contributed by atoms with Gasteiger partial charge in [-0.3, -0.25) is 9.52 Å². The highest BCUT2D eigenvalue weighted by Gasteiger charge is 2.16. The molecule has 0 saturated heterocycles. The highest BCUT2D eigenvalue weighted by atomic mass is 32.2. The summed E-state index contributed by atoms with van der Waals surface area (Å²) in [5, 5.41) is 4.47. The number of hydrogen-bond donors (Lipinski definition) is 2. The van der Waals surface area contributed by atoms with Crippen molar-refractivity contribution < 1.29 is 17.6 Å². The van der Waals surface area contributed by atoms with Crippen LogP contribution in [0.15, 0.2) is 70.3 Å². The molecule has 0 aliphatic rings. The van der Waals surface area contributed by atoms with Gasteiger partial charge in [0, 0.05) is 29.3 Å². The maximum Gasteiger partial charge on any atom is 0.271 e. The summed E-state index contributed by atoms with van der Waals surface area (Å²) < 4.78 is 40.8. The molecule has 3 aromatic rings. The van der Waals surface area contributed by atoms with Crippen molar-refractivity contribution in [3.8, 4) is 0 Å². The Hall–Kier alpha value is -2.36. The molecule has 29 heavy (non-hydrogen) atoms. The molecular formula is C20H19FN2O3S3. The number of thioether (sulfide) groups is 1. The van der Waals surface area contributed by atoms with E-state index in [9.17, 15) is 17.6 Å². The van der Waals surface area contributed by atoms with Gasteiger partial charge in [0.1, 0.15) is 10.0 Å². The van der Waals surface area contributed by atoms with E-state index in [0.29, 0.717) is 34.9 Å². The average molecular weight is 451 g/mol. The molecule has 2 aromatic carbocycles. The fourth-order valence-electron chi connectivity index (χ4n) is 2.48. The van der Waals surface area contributed by atoms with Crippen molar-refractivity contribution in [2.24, 2.45) is 0 Å². The number of amides is 1. The Morgan fingerprint density at radius 2 is 1.90 bits per heavy atom. The number of anilines is 1. The van der Waals surface area contributed by atoms with E-state index in [1.807, 2.05) is 0 Å². The van der Waals surface area contributed by atoms with E-state index in [2.05, 4.69) is 10.0 Å². The van der Waals surface area contributed by atoms with Crippen molar-refractivity contribution in [2.45, 2.75) is 9.96 Å². The van der Waals surface area contributed by atoms with Crippen LogP contribution in [0.3, 0.4) is 0 Å². The Balaban J connectivity index is 1.50. The molecular weight excluding hydrogens is 431 g/mol. The molecule has 0 bridgehead atoms. The van der Waals surface area contributed by atoms with Gasteiger partial charge in [0.15, 0.2) is 0 Å². The van der Waals surface area contributed by atoms with Gasteiger partial charge < -0.3 is 5.32 Å². The van der Waals surface area contributed by atoms with E-state index in [1.54, 1.807) is 47.8 Å². The number of nitrogens with one attached hydrogen (secondary N) is 2. The molecule has 0 atom stereocenters. The zero-order valence-electron chi connectivity index (χ0n) is 15.3. The minimum atomic E-state index is -3.66. The van der Waals surface area contributed by atoms with Crippen LogP contribution in [0, 0.1) is 5.82 Å². The first-order valence-electron chi connectivity index (χ1n) is 8.71. The van der Waals surface area contributed by atoms with Crippen LogP contribution in [0.5, 0.6) is 0 Å². The van der Waals surface area contributed by atoms with Crippen molar-refractivity contribution in [3.63, 3.8) is 0 Å². The van der Waals surface area contributed by atoms with Crippen molar-refractivity contribution in [1.82, 2.24) is 5.32 Å². The van der Waals surface area contributed by atoms with Crippen LogP contribution in [-0.4, -0.2) is 26.6 Å². The summed E-state index contributed by atoms with van der Waals surface area (Å²) in [6, 6.07) is 16.1. The first-order valence-corrected chi connectivity index (χ1v) is 12.2. The van der Waals surface area contributed by atoms with Gasteiger partial charge in [-0.05, 0) is 41.3 Å². The fraction of sp³-hybridized carbons (Fsp3) is 0.150. The van der Waals surface area contributed by atoms with E-state index in [4.69, 9.17) is 0 Å². The summed E-state index contributed by atoms with van der Waals surface area (Å²) in [5.74, 6) is 0.632. The predicted molar refractivity (Wildman–Crippen MR) is 116 cm³/mol. The molecule has 0 aliphatic carbocycles. The fourth-order valence-corrected chi connectivity index (χ4v) is 5.37. The molecule has 0 saturated carbocycles. The second kappa shape index (κ2) is 9.91. The third-order valence-electron chi connectivity index (χ3n) is 3.88. The van der Waals surface area contributed by atoms with E-state index in [-0.39, 0.29) is 15.9 Å². The molecule has 0 aliphatic heterocycles. The van der Waals surface area contributed by atoms with Crippen molar-refractivity contribution in [2.75, 3.05) is 17.0 Å². The van der Waals surface area contributed by atoms with Gasteiger partial charge in [0.05, 0.1) is 0 Å². The normalized spacial score (nSPS) is 11.2. The summed E-state index contributed by atoms with van der Waals surface area (Å²) in [7, 11) is -3.66. The number of carbonyl (C=O) groups is 1. The van der Waals surface area contributed by atoms with Crippen LogP contribution < -0.4 is 10.0 Å². The van der Waals surface area contributed by atoms with Crippen molar-refractivity contribution in [1.29, 1.82) is 0 Å². The predicted octanol–water partition coefficient (Wildman–Crippen LogP) is 4.35. The van der Waals surface area contributed by atoms with Crippen LogP contribution in [0.1, 0.15) is 15.9 Å². The minimum absolute atomic E-state index is 0.208. The smallest absolute Gasteiger partial charge is 0.271 e. The Labute approximate surface area is 177 Å². The van der Waals surface area contributed by atoms with Gasteiger partial charge in [0.25, 0.3) is 15.9 Å². The third kappa shape index (κ3) is 6.06. The molecule has 1 amide bonds. The number of thiophene rings is 1. The summed E-state index contributed by atoms with van der Waals surface area (Å²) in [4.78, 5) is 12.3. The number of halogens is 1. The molecule has 152 valence electrons. The van der Waals surface area contributed by atoms with Crippen LogP contribution in [0.4, 0.5) is 10.1 Å². The summed E-state index contributed by atoms with van der Waals surface area (Å²) in [6.45, 7) is 0.420. The van der Waals surface area contributed by atoms with E-state index in [0.717, 1.165) is 11.3 Å². The Bertz CT molecular complexity index is 1070. The Morgan fingerprint density at radius 1 is 1.07 bits per heavy atom. The first kappa shape index (κ1) is 21.4. The van der Waals surface area contributed by atoms with Gasteiger partial charge in [-0.1, -0.05) is 30.3 Å². The molecule has 2 N–H and O–H groups in total. The van der Waals surface area contributed by atoms with E-state index in [1.165, 1.54) is 30.0 Å². The maximum absolute atomic E-state index is 13.6. The average Bonchev–Trinajstić information content (AvgIpc) is 3.25. The zero-order valence-corrected chi connectivity index (χ0v) is 17.7. The molecule has 5 nitrogen and oxygen atoms in total. The topological polar surface area (TPSA) is 75.3 Å². The minimum Gasteiger partial charge on any atom is -0.351 e. The molecule has 0 spiro atoms. The lowest BCUT2D eigenvalue weighted by Gasteiger charge is -2.09. The second-order valence-electron chi connectivity index (χ2n) is 6.02. The lowest BCUT2D eigenvalue weighted by atomic mass is 10.2. The summed E-state index contributed by atoms with van der Waals surface area (Å²) >= 11 is 2.64. The molecule has 1 heterocycles. The zero-order chi connectivity index (χ0) is 20.7. The standard InChI is InChI=1S/C20H19FN2O3S3/c21-18-8-2-1-5-16(18)14-27-12-10-22-20(24)15-6-3-7-17(13-15)23-29(25,26)19-9-4-11-28-19/h1-9,11,13,23H,10,12,14H2,(H,22,24). The third-order valence-corrected chi connectivity index (χ3v) is 7.67. The first-order chi connectivity index (χ1) is 14.0. The highest BCUT2D eigenvalue weighted by molar-refractivity contribution is 7.98. The maximum atomic E-state index is 13.6. The SMILES string of the molecule is O=C(NCCSCc1ccccc1F)c1cccc(NS(=O)(=O)c2cccs2)c1. The molecule has 3 rings (SSSR count). The highest BCUT2D eigenvalue weighted by Crippen LogP contribution is 2.21. The van der Waals surface area contributed by atoms with Crippen LogP contribution in [0.25, 0.3) is 0 Å². The van der Waals surface area contributed by atoms with Crippen LogP contribution in [-0.2, 0) is 15.8 Å². The van der Waals surface area contributed by atoms with Gasteiger partial charge in [-0.25, -0.2) is 12.8 Å². The van der Waals surface area contributed by atoms with Crippen molar-refractivity contribution >= 4 is 44.7 Å². The Morgan fingerprint density at radius 3 is 2.66 bits per heavy atom. The monoisotopic (exact) mass is 450 g/mol. The number of hydrogen-bond acceptors (Lipinski definition) is 5. The molecule has 1 aromatic heterocycles. The number of sulfonamides is 1. The molecule has 0 radical (unpaired) electrons. The largest absolute Gasteiger partial charge is 0.351 e. The second-order valence-corrected chi connectivity index (χ2v) is 9.98. The molecule has 0 fully saturated rings. The number of benzene rings is 2. The Kier molecular flexibility index (Phi) is 7.29. The van der Waals surface area contributed by atoms with Crippen molar-refractivity contribution in [3.05, 3.63) is 83.0 Å². The quantitative estimate of drug-likeness (QED) is 0.475. The lowest BCUT2D eigenvalue weighted by molar-refractivity contribution is 0.0956. The van der Waals surface area contributed by atoms with Gasteiger partial charge >= 0.3 is 0 Å². The van der Waals surface area contributed by atoms with Crippen LogP contribution in [0.2, 0.25) is 0 Å². The number of carbonyl (C=O) groups excluding carboxylic acids is 1. The van der Waals surface area contributed by atoms with Gasteiger partial charge in [-0.2, -0.15) is 11.8 Å². The van der Waals surface area contributed by atoms with E-state index < -0.39 is 10.0 Å².